The van der Waals surface area contributed by atoms with Gasteiger partial charge in [0.05, 0.1) is 24.1 Å². The summed E-state index contributed by atoms with van der Waals surface area (Å²) in [5, 5.41) is 13.9. The van der Waals surface area contributed by atoms with Crippen molar-refractivity contribution in [2.45, 2.75) is 13.5 Å². The summed E-state index contributed by atoms with van der Waals surface area (Å²) in [5.74, 6) is 0.0155. The molecule has 0 aliphatic heterocycles. The molecule has 27 heavy (non-hydrogen) atoms. The fraction of sp³-hybridized carbons (Fsp3) is 0.158. The Labute approximate surface area is 155 Å². The number of ether oxygens (including phenoxy) is 1. The van der Waals surface area contributed by atoms with Crippen molar-refractivity contribution in [2.24, 2.45) is 0 Å². The molecule has 1 aromatic heterocycles. The SMILES string of the molecule is CCOC(=O)c1ccccc1Nc1cnnc(NCc2ccc(F)cc2)n1. The molecule has 0 amide bonds. The van der Waals surface area contributed by atoms with Gasteiger partial charge in [0.2, 0.25) is 5.95 Å². The zero-order valence-electron chi connectivity index (χ0n) is 14.6. The number of nitrogens with one attached hydrogen (secondary N) is 2. The molecule has 0 saturated heterocycles. The van der Waals surface area contributed by atoms with Crippen LogP contribution in [-0.4, -0.2) is 27.8 Å². The summed E-state index contributed by atoms with van der Waals surface area (Å²) in [4.78, 5) is 16.4. The Hall–Kier alpha value is -3.55. The molecule has 3 aromatic rings. The fourth-order valence-corrected chi connectivity index (χ4v) is 2.34. The number of hydrogen-bond acceptors (Lipinski definition) is 7. The van der Waals surface area contributed by atoms with E-state index < -0.39 is 5.97 Å². The Morgan fingerprint density at radius 2 is 1.93 bits per heavy atom. The molecule has 138 valence electrons. The number of benzene rings is 2. The monoisotopic (exact) mass is 367 g/mol. The quantitative estimate of drug-likeness (QED) is 0.617. The first-order valence-electron chi connectivity index (χ1n) is 8.37. The van der Waals surface area contributed by atoms with E-state index in [-0.39, 0.29) is 5.82 Å². The summed E-state index contributed by atoms with van der Waals surface area (Å²) < 4.78 is 18.0. The Balaban J connectivity index is 1.71. The minimum atomic E-state index is -0.419. The number of anilines is 3. The first-order valence-corrected chi connectivity index (χ1v) is 8.37. The van der Waals surface area contributed by atoms with Gasteiger partial charge in [-0.2, -0.15) is 10.1 Å². The van der Waals surface area contributed by atoms with Crippen molar-refractivity contribution in [1.82, 2.24) is 15.2 Å². The molecular formula is C19H18FN5O2. The van der Waals surface area contributed by atoms with E-state index in [1.54, 1.807) is 43.3 Å². The van der Waals surface area contributed by atoms with Gasteiger partial charge in [0.25, 0.3) is 0 Å². The lowest BCUT2D eigenvalue weighted by molar-refractivity contribution is 0.0527. The van der Waals surface area contributed by atoms with E-state index in [0.29, 0.717) is 36.2 Å². The third-order valence-corrected chi connectivity index (χ3v) is 3.61. The first-order chi connectivity index (χ1) is 13.2. The maximum atomic E-state index is 13.0. The molecule has 2 N–H and O–H groups in total. The Morgan fingerprint density at radius 1 is 1.15 bits per heavy atom. The summed E-state index contributed by atoms with van der Waals surface area (Å²) in [5.41, 5.74) is 1.84. The van der Waals surface area contributed by atoms with E-state index in [0.717, 1.165) is 5.56 Å². The van der Waals surface area contributed by atoms with Crippen LogP contribution in [0.5, 0.6) is 0 Å². The van der Waals surface area contributed by atoms with Gasteiger partial charge in [-0.25, -0.2) is 9.18 Å². The Kier molecular flexibility index (Phi) is 5.88. The van der Waals surface area contributed by atoms with Crippen LogP contribution in [0.3, 0.4) is 0 Å². The number of aromatic nitrogens is 3. The van der Waals surface area contributed by atoms with Gasteiger partial charge in [0, 0.05) is 6.54 Å². The Morgan fingerprint density at radius 3 is 2.70 bits per heavy atom. The molecule has 0 aliphatic carbocycles. The molecule has 0 bridgehead atoms. The smallest absolute Gasteiger partial charge is 0.340 e. The number of halogens is 1. The topological polar surface area (TPSA) is 89.0 Å². The highest BCUT2D eigenvalue weighted by Crippen LogP contribution is 2.20. The molecular weight excluding hydrogens is 349 g/mol. The van der Waals surface area contributed by atoms with Crippen molar-refractivity contribution in [3.63, 3.8) is 0 Å². The van der Waals surface area contributed by atoms with E-state index >= 15 is 0 Å². The minimum absolute atomic E-state index is 0.289. The predicted molar refractivity (Wildman–Crippen MR) is 99.2 cm³/mol. The van der Waals surface area contributed by atoms with Crippen molar-refractivity contribution >= 4 is 23.4 Å². The number of rotatable bonds is 7. The van der Waals surface area contributed by atoms with Gasteiger partial charge in [-0.05, 0) is 36.8 Å². The van der Waals surface area contributed by atoms with Gasteiger partial charge >= 0.3 is 5.97 Å². The van der Waals surface area contributed by atoms with Crippen LogP contribution in [0.25, 0.3) is 0 Å². The zero-order valence-corrected chi connectivity index (χ0v) is 14.6. The molecule has 8 heteroatoms. The molecule has 0 fully saturated rings. The summed E-state index contributed by atoms with van der Waals surface area (Å²) in [7, 11) is 0. The molecule has 0 radical (unpaired) electrons. The maximum absolute atomic E-state index is 13.0. The lowest BCUT2D eigenvalue weighted by atomic mass is 10.2. The normalized spacial score (nSPS) is 10.3. The van der Waals surface area contributed by atoms with Gasteiger partial charge in [0.1, 0.15) is 5.82 Å². The number of para-hydroxylation sites is 1. The number of carbonyl (C=O) groups excluding carboxylic acids is 1. The van der Waals surface area contributed by atoms with Crippen LogP contribution in [0.2, 0.25) is 0 Å². The van der Waals surface area contributed by atoms with Crippen molar-refractivity contribution in [3.8, 4) is 0 Å². The average Bonchev–Trinajstić information content (AvgIpc) is 2.68. The van der Waals surface area contributed by atoms with E-state index in [1.807, 2.05) is 0 Å². The molecule has 2 aromatic carbocycles. The third-order valence-electron chi connectivity index (χ3n) is 3.61. The number of hydrogen-bond donors (Lipinski definition) is 2. The molecule has 0 saturated carbocycles. The molecule has 3 rings (SSSR count). The molecule has 0 aliphatic rings. The van der Waals surface area contributed by atoms with Crippen LogP contribution < -0.4 is 10.6 Å². The second kappa shape index (κ2) is 8.70. The van der Waals surface area contributed by atoms with Gasteiger partial charge in [-0.3, -0.25) is 0 Å². The second-order valence-electron chi connectivity index (χ2n) is 5.54. The highest BCUT2D eigenvalue weighted by Gasteiger charge is 2.12. The van der Waals surface area contributed by atoms with Crippen LogP contribution in [0.15, 0.2) is 54.7 Å². The largest absolute Gasteiger partial charge is 0.462 e. The van der Waals surface area contributed by atoms with Crippen LogP contribution in [-0.2, 0) is 11.3 Å². The standard InChI is InChI=1S/C19H18FN5O2/c1-2-27-18(26)15-5-3-4-6-16(15)23-17-12-22-25-19(24-17)21-11-13-7-9-14(20)10-8-13/h3-10,12H,2,11H2,1H3,(H2,21,23,24,25). The maximum Gasteiger partial charge on any atom is 0.340 e. The molecule has 7 nitrogen and oxygen atoms in total. The van der Waals surface area contributed by atoms with E-state index in [1.165, 1.54) is 18.3 Å². The average molecular weight is 367 g/mol. The van der Waals surface area contributed by atoms with Gasteiger partial charge < -0.3 is 15.4 Å². The summed E-state index contributed by atoms with van der Waals surface area (Å²) in [6, 6.07) is 13.1. The van der Waals surface area contributed by atoms with E-state index in [9.17, 15) is 9.18 Å². The van der Waals surface area contributed by atoms with Crippen LogP contribution in [0.1, 0.15) is 22.8 Å². The molecule has 0 unspecified atom stereocenters. The Bertz CT molecular complexity index is 918. The molecule has 0 spiro atoms. The number of esters is 1. The second-order valence-corrected chi connectivity index (χ2v) is 5.54. The van der Waals surface area contributed by atoms with E-state index in [4.69, 9.17) is 4.74 Å². The summed E-state index contributed by atoms with van der Waals surface area (Å²) in [6.45, 7) is 2.46. The van der Waals surface area contributed by atoms with Crippen molar-refractivity contribution in [2.75, 3.05) is 17.2 Å². The molecule has 1 heterocycles. The minimum Gasteiger partial charge on any atom is -0.462 e. The van der Waals surface area contributed by atoms with Gasteiger partial charge in [-0.15, -0.1) is 5.10 Å². The summed E-state index contributed by atoms with van der Waals surface area (Å²) in [6.07, 6.45) is 1.45. The van der Waals surface area contributed by atoms with Crippen molar-refractivity contribution < 1.29 is 13.9 Å². The summed E-state index contributed by atoms with van der Waals surface area (Å²) >= 11 is 0. The fourth-order valence-electron chi connectivity index (χ4n) is 2.34. The zero-order chi connectivity index (χ0) is 19.1. The van der Waals surface area contributed by atoms with Crippen molar-refractivity contribution in [3.05, 3.63) is 71.7 Å². The number of nitrogens with zero attached hydrogens (tertiary/aromatic N) is 3. The van der Waals surface area contributed by atoms with Crippen LogP contribution in [0, 0.1) is 5.82 Å². The van der Waals surface area contributed by atoms with Crippen molar-refractivity contribution in [1.29, 1.82) is 0 Å². The highest BCUT2D eigenvalue weighted by molar-refractivity contribution is 5.96. The lowest BCUT2D eigenvalue weighted by Crippen LogP contribution is -2.09. The van der Waals surface area contributed by atoms with Crippen LogP contribution in [0.4, 0.5) is 21.8 Å². The van der Waals surface area contributed by atoms with Gasteiger partial charge in [0.15, 0.2) is 5.82 Å². The van der Waals surface area contributed by atoms with E-state index in [2.05, 4.69) is 25.8 Å². The molecule has 0 atom stereocenters. The first kappa shape index (κ1) is 18.2. The number of carbonyl (C=O) groups is 1. The predicted octanol–water partition coefficient (Wildman–Crippen LogP) is 3.54. The van der Waals surface area contributed by atoms with Gasteiger partial charge in [-0.1, -0.05) is 24.3 Å². The third kappa shape index (κ3) is 4.97. The van der Waals surface area contributed by atoms with Crippen LogP contribution >= 0.6 is 0 Å². The highest BCUT2D eigenvalue weighted by atomic mass is 19.1. The lowest BCUT2D eigenvalue weighted by Gasteiger charge is -2.11.